The van der Waals surface area contributed by atoms with Crippen LogP contribution in [0.5, 0.6) is 0 Å². The van der Waals surface area contributed by atoms with Gasteiger partial charge in [-0.15, -0.1) is 10.2 Å². The first-order valence-electron chi connectivity index (χ1n) is 8.60. The number of carbonyl (C=O) groups excluding carboxylic acids is 1. The van der Waals surface area contributed by atoms with Crippen LogP contribution in [0.2, 0.25) is 10.0 Å². The first-order valence-corrected chi connectivity index (χ1v) is 10.3. The Labute approximate surface area is 177 Å². The smallest absolute Gasteiger partial charge is 0.233 e. The number of aromatic nitrogens is 3. The van der Waals surface area contributed by atoms with Crippen LogP contribution in [0.4, 0.5) is 0 Å². The molecule has 0 aliphatic rings. The molecule has 0 atom stereocenters. The molecule has 3 rings (SSSR count). The molecule has 2 N–H and O–H groups in total. The van der Waals surface area contributed by atoms with E-state index < -0.39 is 0 Å². The third-order valence-corrected chi connectivity index (χ3v) is 5.60. The molecule has 0 aliphatic carbocycles. The summed E-state index contributed by atoms with van der Waals surface area (Å²) in [5.41, 5.74) is 1.67. The third-order valence-electron chi connectivity index (χ3n) is 4.11. The van der Waals surface area contributed by atoms with E-state index in [9.17, 15) is 4.79 Å². The molecule has 1 heterocycles. The second kappa shape index (κ2) is 9.32. The molecule has 2 aromatic carbocycles. The fourth-order valence-electron chi connectivity index (χ4n) is 2.63. The van der Waals surface area contributed by atoms with Gasteiger partial charge in [-0.05, 0) is 30.7 Å². The van der Waals surface area contributed by atoms with Crippen molar-refractivity contribution in [3.8, 4) is 11.4 Å². The summed E-state index contributed by atoms with van der Waals surface area (Å²) in [5.74, 6) is 6.71. The topological polar surface area (TPSA) is 77.0 Å². The van der Waals surface area contributed by atoms with Crippen LogP contribution in [0.1, 0.15) is 12.5 Å². The Morgan fingerprint density at radius 2 is 1.93 bits per heavy atom. The van der Waals surface area contributed by atoms with Crippen molar-refractivity contribution in [3.05, 3.63) is 64.1 Å². The van der Waals surface area contributed by atoms with Gasteiger partial charge in [-0.2, -0.15) is 0 Å². The molecule has 6 nitrogen and oxygen atoms in total. The summed E-state index contributed by atoms with van der Waals surface area (Å²) in [7, 11) is 0. The van der Waals surface area contributed by atoms with Crippen LogP contribution in [0.25, 0.3) is 11.4 Å². The number of halogens is 2. The monoisotopic (exact) mass is 435 g/mol. The van der Waals surface area contributed by atoms with Crippen LogP contribution < -0.4 is 5.84 Å². The number of thioether (sulfide) groups is 1. The number of nitrogens with two attached hydrogens (primary N) is 1. The standard InChI is InChI=1S/C19H19Cl2N5OS/c1-2-25(11-13-6-4-3-5-7-13)17(27)12-28-19-24-23-18(26(19)22)15-10-14(20)8-9-16(15)21/h3-10H,2,11-12,22H2,1H3. The van der Waals surface area contributed by atoms with Gasteiger partial charge >= 0.3 is 0 Å². The van der Waals surface area contributed by atoms with E-state index >= 15 is 0 Å². The summed E-state index contributed by atoms with van der Waals surface area (Å²) in [4.78, 5) is 14.4. The highest BCUT2D eigenvalue weighted by molar-refractivity contribution is 7.99. The SMILES string of the molecule is CCN(Cc1ccccc1)C(=O)CSc1nnc(-c2cc(Cl)ccc2Cl)n1N. The quantitative estimate of drug-likeness (QED) is 0.446. The van der Waals surface area contributed by atoms with Crippen LogP contribution in [-0.2, 0) is 11.3 Å². The van der Waals surface area contributed by atoms with Gasteiger partial charge in [-0.25, -0.2) is 4.68 Å². The fraction of sp³-hybridized carbons (Fsp3) is 0.211. The van der Waals surface area contributed by atoms with Gasteiger partial charge in [-0.1, -0.05) is 65.3 Å². The maximum atomic E-state index is 12.6. The van der Waals surface area contributed by atoms with Crippen molar-refractivity contribution in [1.29, 1.82) is 0 Å². The Bertz CT molecular complexity index is 964. The van der Waals surface area contributed by atoms with E-state index in [1.165, 1.54) is 16.4 Å². The number of nitrogen functional groups attached to an aromatic ring is 1. The van der Waals surface area contributed by atoms with Gasteiger partial charge in [0.05, 0.1) is 10.8 Å². The highest BCUT2D eigenvalue weighted by atomic mass is 35.5. The van der Waals surface area contributed by atoms with Gasteiger partial charge in [-0.3, -0.25) is 4.79 Å². The van der Waals surface area contributed by atoms with Gasteiger partial charge in [0.15, 0.2) is 5.82 Å². The molecule has 9 heteroatoms. The molecule has 0 unspecified atom stereocenters. The number of benzene rings is 2. The number of nitrogens with zero attached hydrogens (tertiary/aromatic N) is 4. The van der Waals surface area contributed by atoms with E-state index in [-0.39, 0.29) is 11.7 Å². The molecule has 28 heavy (non-hydrogen) atoms. The second-order valence-electron chi connectivity index (χ2n) is 5.98. The first kappa shape index (κ1) is 20.5. The Morgan fingerprint density at radius 1 is 1.18 bits per heavy atom. The Kier molecular flexibility index (Phi) is 6.83. The molecule has 0 aliphatic heterocycles. The minimum Gasteiger partial charge on any atom is -0.338 e. The van der Waals surface area contributed by atoms with Crippen molar-refractivity contribution in [3.63, 3.8) is 0 Å². The minimum absolute atomic E-state index is 0.00157. The number of hydrogen-bond acceptors (Lipinski definition) is 5. The lowest BCUT2D eigenvalue weighted by Crippen LogP contribution is -2.31. The van der Waals surface area contributed by atoms with Gasteiger partial charge in [0.2, 0.25) is 11.1 Å². The average Bonchev–Trinajstić information content (AvgIpc) is 3.07. The zero-order valence-electron chi connectivity index (χ0n) is 15.2. The summed E-state index contributed by atoms with van der Waals surface area (Å²) in [6.45, 7) is 3.14. The Balaban J connectivity index is 1.68. The summed E-state index contributed by atoms with van der Waals surface area (Å²) in [5, 5.41) is 9.59. The van der Waals surface area contributed by atoms with Crippen LogP contribution in [-0.4, -0.2) is 38.0 Å². The van der Waals surface area contributed by atoms with Crippen LogP contribution in [0, 0.1) is 0 Å². The molecule has 0 bridgehead atoms. The van der Waals surface area contributed by atoms with E-state index in [0.29, 0.717) is 39.7 Å². The number of amides is 1. The van der Waals surface area contributed by atoms with Gasteiger partial charge < -0.3 is 10.7 Å². The first-order chi connectivity index (χ1) is 13.5. The molecular formula is C19H19Cl2N5OS. The van der Waals surface area contributed by atoms with E-state index in [1.54, 1.807) is 23.1 Å². The molecule has 0 saturated heterocycles. The highest BCUT2D eigenvalue weighted by Gasteiger charge is 2.18. The Hall–Kier alpha value is -2.22. The van der Waals surface area contributed by atoms with E-state index in [2.05, 4.69) is 10.2 Å². The molecule has 0 radical (unpaired) electrons. The third kappa shape index (κ3) is 4.79. The van der Waals surface area contributed by atoms with Gasteiger partial charge in [0, 0.05) is 23.7 Å². The lowest BCUT2D eigenvalue weighted by Gasteiger charge is -2.20. The predicted molar refractivity (Wildman–Crippen MR) is 114 cm³/mol. The molecule has 146 valence electrons. The Morgan fingerprint density at radius 3 is 2.64 bits per heavy atom. The zero-order chi connectivity index (χ0) is 20.1. The molecule has 0 saturated carbocycles. The zero-order valence-corrected chi connectivity index (χ0v) is 17.5. The molecule has 1 aromatic heterocycles. The lowest BCUT2D eigenvalue weighted by atomic mass is 10.2. The maximum Gasteiger partial charge on any atom is 0.233 e. The summed E-state index contributed by atoms with van der Waals surface area (Å²) in [6.07, 6.45) is 0. The summed E-state index contributed by atoms with van der Waals surface area (Å²) in [6, 6.07) is 14.9. The normalized spacial score (nSPS) is 10.8. The molecular weight excluding hydrogens is 417 g/mol. The number of rotatable bonds is 7. The van der Waals surface area contributed by atoms with E-state index in [4.69, 9.17) is 29.0 Å². The van der Waals surface area contributed by atoms with Crippen molar-refractivity contribution in [2.45, 2.75) is 18.6 Å². The van der Waals surface area contributed by atoms with Gasteiger partial charge in [0.25, 0.3) is 0 Å². The predicted octanol–water partition coefficient (Wildman–Crippen LogP) is 4.11. The second-order valence-corrected chi connectivity index (χ2v) is 7.77. The van der Waals surface area contributed by atoms with Crippen LogP contribution >= 0.6 is 35.0 Å². The molecule has 1 amide bonds. The molecule has 0 spiro atoms. The van der Waals surface area contributed by atoms with E-state index in [0.717, 1.165) is 5.56 Å². The van der Waals surface area contributed by atoms with Crippen LogP contribution in [0.15, 0.2) is 53.7 Å². The summed E-state index contributed by atoms with van der Waals surface area (Å²) < 4.78 is 1.32. The van der Waals surface area contributed by atoms with Crippen molar-refractivity contribution >= 4 is 40.9 Å². The summed E-state index contributed by atoms with van der Waals surface area (Å²) >= 11 is 13.5. The lowest BCUT2D eigenvalue weighted by molar-refractivity contribution is -0.128. The van der Waals surface area contributed by atoms with Gasteiger partial charge in [0.1, 0.15) is 0 Å². The fourth-order valence-corrected chi connectivity index (χ4v) is 3.76. The number of hydrogen-bond donors (Lipinski definition) is 1. The van der Waals surface area contributed by atoms with Crippen molar-refractivity contribution in [2.24, 2.45) is 0 Å². The molecule has 3 aromatic rings. The van der Waals surface area contributed by atoms with Crippen molar-refractivity contribution in [1.82, 2.24) is 19.8 Å². The number of carbonyl (C=O) groups is 1. The van der Waals surface area contributed by atoms with Crippen molar-refractivity contribution in [2.75, 3.05) is 18.1 Å². The minimum atomic E-state index is 0.00157. The van der Waals surface area contributed by atoms with Crippen LogP contribution in [0.3, 0.4) is 0 Å². The largest absolute Gasteiger partial charge is 0.338 e. The maximum absolute atomic E-state index is 12.6. The highest BCUT2D eigenvalue weighted by Crippen LogP contribution is 2.30. The van der Waals surface area contributed by atoms with Crippen molar-refractivity contribution < 1.29 is 4.79 Å². The average molecular weight is 436 g/mol. The molecule has 0 fully saturated rings. The van der Waals surface area contributed by atoms with E-state index in [1.807, 2.05) is 37.3 Å².